The summed E-state index contributed by atoms with van der Waals surface area (Å²) in [6, 6.07) is 8.19. The summed E-state index contributed by atoms with van der Waals surface area (Å²) in [7, 11) is 1.64. The minimum atomic E-state index is -0.181. The summed E-state index contributed by atoms with van der Waals surface area (Å²) in [6.07, 6.45) is 0.995. The van der Waals surface area contributed by atoms with Gasteiger partial charge in [0.15, 0.2) is 0 Å². The number of anilines is 2. The van der Waals surface area contributed by atoms with Crippen molar-refractivity contribution >= 4 is 11.6 Å². The molecule has 0 radical (unpaired) electrons. The molecule has 0 atom stereocenters. The van der Waals surface area contributed by atoms with Gasteiger partial charge in [0, 0.05) is 19.3 Å². The summed E-state index contributed by atoms with van der Waals surface area (Å²) in [6.45, 7) is 0.867. The van der Waals surface area contributed by atoms with Crippen molar-refractivity contribution in [1.29, 1.82) is 0 Å². The van der Waals surface area contributed by atoms with E-state index in [-0.39, 0.29) is 5.69 Å². The number of para-hydroxylation sites is 1. The highest BCUT2D eigenvalue weighted by Crippen LogP contribution is 2.31. The lowest BCUT2D eigenvalue weighted by molar-refractivity contribution is 0.731. The van der Waals surface area contributed by atoms with E-state index < -0.39 is 0 Å². The highest BCUT2D eigenvalue weighted by Gasteiger charge is 2.22. The Hall–Kier alpha value is -2.04. The van der Waals surface area contributed by atoms with Gasteiger partial charge < -0.3 is 4.90 Å². The minimum absolute atomic E-state index is 0.181. The van der Waals surface area contributed by atoms with E-state index in [4.69, 9.17) is 0 Å². The van der Waals surface area contributed by atoms with E-state index in [1.54, 1.807) is 7.05 Å². The van der Waals surface area contributed by atoms with Crippen molar-refractivity contribution in [2.45, 2.75) is 6.42 Å². The highest BCUT2D eigenvalue weighted by molar-refractivity contribution is 5.65. The van der Waals surface area contributed by atoms with Gasteiger partial charge in [0.25, 0.3) is 0 Å². The normalized spacial score (nSPS) is 14.2. The van der Waals surface area contributed by atoms with Crippen LogP contribution in [0.5, 0.6) is 0 Å². The SMILES string of the molecule is Cn1nc(N2CCc3ccccc32)[nH]c1=O. The van der Waals surface area contributed by atoms with Crippen molar-refractivity contribution in [3.63, 3.8) is 0 Å². The Balaban J connectivity index is 2.07. The average molecular weight is 216 g/mol. The second-order valence-electron chi connectivity index (χ2n) is 3.91. The third-order valence-electron chi connectivity index (χ3n) is 2.90. The van der Waals surface area contributed by atoms with Crippen LogP contribution in [0.15, 0.2) is 29.1 Å². The number of benzene rings is 1. The quantitative estimate of drug-likeness (QED) is 0.767. The van der Waals surface area contributed by atoms with E-state index in [0.717, 1.165) is 18.7 Å². The van der Waals surface area contributed by atoms with Gasteiger partial charge in [0.1, 0.15) is 0 Å². The first-order valence-electron chi connectivity index (χ1n) is 5.24. The number of hydrogen-bond acceptors (Lipinski definition) is 3. The van der Waals surface area contributed by atoms with Crippen LogP contribution in [-0.2, 0) is 13.5 Å². The van der Waals surface area contributed by atoms with E-state index in [9.17, 15) is 4.79 Å². The zero-order valence-corrected chi connectivity index (χ0v) is 8.97. The van der Waals surface area contributed by atoms with Crippen LogP contribution in [0.2, 0.25) is 0 Å². The molecule has 0 unspecified atom stereocenters. The monoisotopic (exact) mass is 216 g/mol. The number of H-pyrrole nitrogens is 1. The second kappa shape index (κ2) is 3.23. The summed E-state index contributed by atoms with van der Waals surface area (Å²) in [5, 5.41) is 4.17. The first kappa shape index (κ1) is 9.21. The molecule has 0 fully saturated rings. The van der Waals surface area contributed by atoms with Crippen molar-refractivity contribution in [2.75, 3.05) is 11.4 Å². The zero-order valence-electron chi connectivity index (χ0n) is 8.97. The number of aromatic amines is 1. The van der Waals surface area contributed by atoms with Crippen molar-refractivity contribution in [1.82, 2.24) is 14.8 Å². The predicted molar refractivity (Wildman–Crippen MR) is 61.0 cm³/mol. The Kier molecular flexibility index (Phi) is 1.86. The molecule has 1 aromatic carbocycles. The third-order valence-corrected chi connectivity index (χ3v) is 2.90. The van der Waals surface area contributed by atoms with Crippen LogP contribution in [-0.4, -0.2) is 21.3 Å². The van der Waals surface area contributed by atoms with E-state index in [1.165, 1.54) is 10.2 Å². The molecular formula is C11H12N4O. The Labute approximate surface area is 92.3 Å². The standard InChI is InChI=1S/C11H12N4O/c1-14-11(16)12-10(13-14)15-7-6-8-4-2-3-5-9(8)15/h2-5H,6-7H2,1H3,(H,12,13,16). The van der Waals surface area contributed by atoms with Crippen LogP contribution in [0.4, 0.5) is 11.6 Å². The Morgan fingerprint density at radius 2 is 2.19 bits per heavy atom. The molecule has 0 amide bonds. The number of rotatable bonds is 1. The van der Waals surface area contributed by atoms with Gasteiger partial charge in [-0.3, -0.25) is 4.98 Å². The fraction of sp³-hybridized carbons (Fsp3) is 0.273. The van der Waals surface area contributed by atoms with Gasteiger partial charge in [0.05, 0.1) is 0 Å². The zero-order chi connectivity index (χ0) is 11.1. The maximum atomic E-state index is 11.3. The Bertz CT molecular complexity index is 584. The molecule has 1 aromatic heterocycles. The maximum absolute atomic E-state index is 11.3. The number of aryl methyl sites for hydroxylation is 1. The molecule has 0 saturated carbocycles. The van der Waals surface area contributed by atoms with Gasteiger partial charge in [-0.15, -0.1) is 5.10 Å². The molecular weight excluding hydrogens is 204 g/mol. The van der Waals surface area contributed by atoms with E-state index in [1.807, 2.05) is 17.0 Å². The molecule has 82 valence electrons. The average Bonchev–Trinajstić information content (AvgIpc) is 2.83. The molecule has 1 aliphatic heterocycles. The predicted octanol–water partition coefficient (Wildman–Crippen LogP) is 0.803. The largest absolute Gasteiger partial charge is 0.344 e. The molecule has 16 heavy (non-hydrogen) atoms. The van der Waals surface area contributed by atoms with Gasteiger partial charge in [-0.25, -0.2) is 9.48 Å². The molecule has 1 aliphatic rings. The lowest BCUT2D eigenvalue weighted by Gasteiger charge is -2.14. The molecule has 0 spiro atoms. The number of nitrogens with zero attached hydrogens (tertiary/aromatic N) is 3. The number of aromatic nitrogens is 3. The molecule has 2 heterocycles. The second-order valence-corrected chi connectivity index (χ2v) is 3.91. The topological polar surface area (TPSA) is 53.9 Å². The van der Waals surface area contributed by atoms with Crippen LogP contribution in [0.1, 0.15) is 5.56 Å². The van der Waals surface area contributed by atoms with E-state index >= 15 is 0 Å². The van der Waals surface area contributed by atoms with Crippen molar-refractivity contribution in [3.05, 3.63) is 40.3 Å². The summed E-state index contributed by atoms with van der Waals surface area (Å²) in [5.74, 6) is 0.623. The smallest absolute Gasteiger partial charge is 0.310 e. The lowest BCUT2D eigenvalue weighted by Crippen LogP contribution is -2.15. The van der Waals surface area contributed by atoms with Crippen LogP contribution in [0.3, 0.4) is 0 Å². The van der Waals surface area contributed by atoms with Crippen LogP contribution in [0.25, 0.3) is 0 Å². The first-order valence-corrected chi connectivity index (χ1v) is 5.24. The number of hydrogen-bond donors (Lipinski definition) is 1. The van der Waals surface area contributed by atoms with Gasteiger partial charge >= 0.3 is 5.69 Å². The Morgan fingerprint density at radius 3 is 2.94 bits per heavy atom. The van der Waals surface area contributed by atoms with E-state index in [2.05, 4.69) is 22.2 Å². The number of fused-ring (bicyclic) bond motifs is 1. The van der Waals surface area contributed by atoms with Gasteiger partial charge in [-0.05, 0) is 18.1 Å². The molecule has 0 aliphatic carbocycles. The fourth-order valence-electron chi connectivity index (χ4n) is 2.07. The minimum Gasteiger partial charge on any atom is -0.310 e. The molecule has 2 aromatic rings. The third kappa shape index (κ3) is 1.25. The van der Waals surface area contributed by atoms with Gasteiger partial charge in [-0.1, -0.05) is 18.2 Å². The molecule has 1 N–H and O–H groups in total. The molecule has 0 saturated heterocycles. The summed E-state index contributed by atoms with van der Waals surface area (Å²) in [5.41, 5.74) is 2.25. The Morgan fingerprint density at radius 1 is 1.38 bits per heavy atom. The van der Waals surface area contributed by atoms with Crippen molar-refractivity contribution < 1.29 is 0 Å². The van der Waals surface area contributed by atoms with Gasteiger partial charge in [-0.2, -0.15) is 0 Å². The van der Waals surface area contributed by atoms with Crippen LogP contribution >= 0.6 is 0 Å². The highest BCUT2D eigenvalue weighted by atomic mass is 16.2. The summed E-state index contributed by atoms with van der Waals surface area (Å²) < 4.78 is 1.32. The fourth-order valence-corrected chi connectivity index (χ4v) is 2.07. The van der Waals surface area contributed by atoms with Crippen molar-refractivity contribution in [3.8, 4) is 0 Å². The van der Waals surface area contributed by atoms with E-state index in [0.29, 0.717) is 5.95 Å². The summed E-state index contributed by atoms with van der Waals surface area (Å²) >= 11 is 0. The molecule has 0 bridgehead atoms. The van der Waals surface area contributed by atoms with Crippen LogP contribution < -0.4 is 10.6 Å². The van der Waals surface area contributed by atoms with Crippen LogP contribution in [0, 0.1) is 0 Å². The first-order chi connectivity index (χ1) is 7.75. The number of nitrogens with one attached hydrogen (secondary N) is 1. The summed E-state index contributed by atoms with van der Waals surface area (Å²) in [4.78, 5) is 16.1. The molecule has 5 nitrogen and oxygen atoms in total. The van der Waals surface area contributed by atoms with Gasteiger partial charge in [0.2, 0.25) is 5.95 Å². The maximum Gasteiger partial charge on any atom is 0.344 e. The molecule has 3 rings (SSSR count). The lowest BCUT2D eigenvalue weighted by atomic mass is 10.2. The molecule has 5 heteroatoms. The van der Waals surface area contributed by atoms with Crippen molar-refractivity contribution in [2.24, 2.45) is 7.05 Å².